The quantitative estimate of drug-likeness (QED) is 0.819. The van der Waals surface area contributed by atoms with Crippen molar-refractivity contribution in [1.82, 2.24) is 0 Å². The number of phenols is 2. The molecule has 0 unspecified atom stereocenters. The van der Waals surface area contributed by atoms with E-state index in [1.165, 1.54) is 30.0 Å². The van der Waals surface area contributed by atoms with Crippen molar-refractivity contribution >= 4 is 11.8 Å². The third-order valence-electron chi connectivity index (χ3n) is 2.23. The predicted octanol–water partition coefficient (Wildman–Crippen LogP) is 3.26. The van der Waals surface area contributed by atoms with Crippen LogP contribution in [0.25, 0.3) is 0 Å². The standard InChI is InChI=1S/C13H12O3S/c1-16-11-4-2-3-5-12(11)17-13-8-9(14)6-7-10(13)15/h2-8,14-15H,1H3. The maximum absolute atomic E-state index is 9.69. The van der Waals surface area contributed by atoms with Gasteiger partial charge in [-0.25, -0.2) is 0 Å². The van der Waals surface area contributed by atoms with Crippen LogP contribution >= 0.6 is 11.8 Å². The van der Waals surface area contributed by atoms with Gasteiger partial charge in [-0.05, 0) is 30.3 Å². The zero-order valence-electron chi connectivity index (χ0n) is 9.25. The first-order chi connectivity index (χ1) is 8.20. The fourth-order valence-electron chi connectivity index (χ4n) is 1.41. The van der Waals surface area contributed by atoms with Crippen molar-refractivity contribution in [3.63, 3.8) is 0 Å². The molecule has 0 amide bonds. The summed E-state index contributed by atoms with van der Waals surface area (Å²) in [5, 5.41) is 19.1. The number of methoxy groups -OCH3 is 1. The molecule has 0 atom stereocenters. The number of hydrogen-bond donors (Lipinski definition) is 2. The highest BCUT2D eigenvalue weighted by molar-refractivity contribution is 7.99. The molecule has 0 aromatic heterocycles. The number of phenolic OH excluding ortho intramolecular Hbond substituents is 2. The van der Waals surface area contributed by atoms with E-state index in [1.807, 2.05) is 24.3 Å². The summed E-state index contributed by atoms with van der Waals surface area (Å²) < 4.78 is 5.22. The zero-order valence-corrected chi connectivity index (χ0v) is 10.1. The second-order valence-electron chi connectivity index (χ2n) is 3.40. The van der Waals surface area contributed by atoms with Crippen molar-refractivity contribution < 1.29 is 14.9 Å². The maximum Gasteiger partial charge on any atom is 0.132 e. The van der Waals surface area contributed by atoms with Gasteiger partial charge in [0, 0.05) is 0 Å². The first-order valence-corrected chi connectivity index (χ1v) is 5.85. The van der Waals surface area contributed by atoms with E-state index in [1.54, 1.807) is 7.11 Å². The molecule has 0 saturated heterocycles. The number of rotatable bonds is 3. The molecule has 88 valence electrons. The summed E-state index contributed by atoms with van der Waals surface area (Å²) >= 11 is 1.34. The summed E-state index contributed by atoms with van der Waals surface area (Å²) in [6, 6.07) is 12.0. The molecule has 0 spiro atoms. The summed E-state index contributed by atoms with van der Waals surface area (Å²) in [5.74, 6) is 0.999. The lowest BCUT2D eigenvalue weighted by molar-refractivity contribution is 0.404. The van der Waals surface area contributed by atoms with E-state index < -0.39 is 0 Å². The van der Waals surface area contributed by atoms with Crippen LogP contribution in [0.3, 0.4) is 0 Å². The lowest BCUT2D eigenvalue weighted by Gasteiger charge is -2.08. The van der Waals surface area contributed by atoms with Crippen LogP contribution in [-0.4, -0.2) is 17.3 Å². The van der Waals surface area contributed by atoms with Gasteiger partial charge in [-0.3, -0.25) is 0 Å². The SMILES string of the molecule is COc1ccccc1Sc1cc(O)ccc1O. The minimum absolute atomic E-state index is 0.125. The minimum Gasteiger partial charge on any atom is -0.508 e. The van der Waals surface area contributed by atoms with Crippen molar-refractivity contribution in [2.24, 2.45) is 0 Å². The molecular formula is C13H12O3S. The topological polar surface area (TPSA) is 49.7 Å². The van der Waals surface area contributed by atoms with Crippen LogP contribution in [0, 0.1) is 0 Å². The Kier molecular flexibility index (Phi) is 3.44. The molecule has 0 aliphatic carbocycles. The number of benzene rings is 2. The molecule has 2 rings (SSSR count). The molecule has 0 bridgehead atoms. The van der Waals surface area contributed by atoms with Crippen LogP contribution in [0.2, 0.25) is 0 Å². The summed E-state index contributed by atoms with van der Waals surface area (Å²) in [7, 11) is 1.60. The highest BCUT2D eigenvalue weighted by Crippen LogP contribution is 2.40. The van der Waals surface area contributed by atoms with Gasteiger partial charge in [-0.15, -0.1) is 0 Å². The van der Waals surface area contributed by atoms with Crippen molar-refractivity contribution in [3.05, 3.63) is 42.5 Å². The molecule has 0 heterocycles. The number of para-hydroxylation sites is 1. The molecular weight excluding hydrogens is 236 g/mol. The molecule has 2 aromatic carbocycles. The van der Waals surface area contributed by atoms with Crippen molar-refractivity contribution in [2.45, 2.75) is 9.79 Å². The summed E-state index contributed by atoms with van der Waals surface area (Å²) in [6.45, 7) is 0. The van der Waals surface area contributed by atoms with Gasteiger partial charge in [0.1, 0.15) is 17.2 Å². The molecule has 17 heavy (non-hydrogen) atoms. The summed E-state index contributed by atoms with van der Waals surface area (Å²) in [4.78, 5) is 1.48. The van der Waals surface area contributed by atoms with E-state index >= 15 is 0 Å². The Morgan fingerprint density at radius 3 is 2.53 bits per heavy atom. The molecule has 3 nitrogen and oxygen atoms in total. The second-order valence-corrected chi connectivity index (χ2v) is 4.49. The van der Waals surface area contributed by atoms with Gasteiger partial charge in [-0.2, -0.15) is 0 Å². The Bertz CT molecular complexity index is 526. The van der Waals surface area contributed by atoms with Gasteiger partial charge in [0.2, 0.25) is 0 Å². The third kappa shape index (κ3) is 2.65. The molecule has 4 heteroatoms. The van der Waals surface area contributed by atoms with E-state index in [4.69, 9.17) is 4.74 Å². The van der Waals surface area contributed by atoms with Crippen LogP contribution in [0.5, 0.6) is 17.2 Å². The molecule has 0 saturated carbocycles. The van der Waals surface area contributed by atoms with Crippen molar-refractivity contribution in [3.8, 4) is 17.2 Å². The largest absolute Gasteiger partial charge is 0.508 e. The van der Waals surface area contributed by atoms with E-state index in [0.29, 0.717) is 4.90 Å². The van der Waals surface area contributed by atoms with Crippen LogP contribution in [0.15, 0.2) is 52.3 Å². The van der Waals surface area contributed by atoms with Crippen LogP contribution < -0.4 is 4.74 Å². The minimum atomic E-state index is 0.125. The Labute approximate surface area is 104 Å². The first-order valence-electron chi connectivity index (χ1n) is 5.03. The Balaban J connectivity index is 2.34. The van der Waals surface area contributed by atoms with Crippen LogP contribution in [0.4, 0.5) is 0 Å². The molecule has 0 radical (unpaired) electrons. The fraction of sp³-hybridized carbons (Fsp3) is 0.0769. The molecule has 0 fully saturated rings. The Hall–Kier alpha value is -1.81. The molecule has 0 aliphatic heterocycles. The molecule has 0 aliphatic rings. The average Bonchev–Trinajstić information content (AvgIpc) is 2.34. The predicted molar refractivity (Wildman–Crippen MR) is 66.9 cm³/mol. The smallest absolute Gasteiger partial charge is 0.132 e. The fourth-order valence-corrected chi connectivity index (χ4v) is 2.39. The van der Waals surface area contributed by atoms with Gasteiger partial charge in [-0.1, -0.05) is 23.9 Å². The van der Waals surface area contributed by atoms with Crippen LogP contribution in [0.1, 0.15) is 0 Å². The second kappa shape index (κ2) is 5.01. The van der Waals surface area contributed by atoms with Gasteiger partial charge in [0.15, 0.2) is 0 Å². The normalized spacial score (nSPS) is 10.2. The number of hydrogen-bond acceptors (Lipinski definition) is 4. The Morgan fingerprint density at radius 2 is 1.76 bits per heavy atom. The van der Waals surface area contributed by atoms with E-state index in [-0.39, 0.29) is 11.5 Å². The van der Waals surface area contributed by atoms with E-state index in [2.05, 4.69) is 0 Å². The van der Waals surface area contributed by atoms with Gasteiger partial charge in [0.05, 0.1) is 16.9 Å². The monoisotopic (exact) mass is 248 g/mol. The molecule has 2 aromatic rings. The number of aromatic hydroxyl groups is 2. The number of ether oxygens (including phenoxy) is 1. The molecule has 2 N–H and O–H groups in total. The highest BCUT2D eigenvalue weighted by atomic mass is 32.2. The van der Waals surface area contributed by atoms with Crippen molar-refractivity contribution in [1.29, 1.82) is 0 Å². The average molecular weight is 248 g/mol. The summed E-state index contributed by atoms with van der Waals surface area (Å²) in [6.07, 6.45) is 0. The zero-order chi connectivity index (χ0) is 12.3. The maximum atomic E-state index is 9.69. The lowest BCUT2D eigenvalue weighted by atomic mass is 10.3. The highest BCUT2D eigenvalue weighted by Gasteiger charge is 2.08. The van der Waals surface area contributed by atoms with Gasteiger partial charge in [0.25, 0.3) is 0 Å². The van der Waals surface area contributed by atoms with Crippen LogP contribution in [-0.2, 0) is 0 Å². The van der Waals surface area contributed by atoms with Gasteiger partial charge < -0.3 is 14.9 Å². The lowest BCUT2D eigenvalue weighted by Crippen LogP contribution is -1.85. The first kappa shape index (κ1) is 11.7. The summed E-state index contributed by atoms with van der Waals surface area (Å²) in [5.41, 5.74) is 0. The van der Waals surface area contributed by atoms with E-state index in [0.717, 1.165) is 10.6 Å². The third-order valence-corrected chi connectivity index (χ3v) is 3.34. The van der Waals surface area contributed by atoms with Gasteiger partial charge >= 0.3 is 0 Å². The van der Waals surface area contributed by atoms with E-state index in [9.17, 15) is 10.2 Å². The Morgan fingerprint density at radius 1 is 1.00 bits per heavy atom. The van der Waals surface area contributed by atoms with Crippen molar-refractivity contribution in [2.75, 3.05) is 7.11 Å².